The summed E-state index contributed by atoms with van der Waals surface area (Å²) < 4.78 is 28.0. The van der Waals surface area contributed by atoms with E-state index in [0.29, 0.717) is 5.56 Å². The van der Waals surface area contributed by atoms with Crippen molar-refractivity contribution in [2.24, 2.45) is 0 Å². The number of fused-ring (bicyclic) bond motifs is 1. The first-order valence-electron chi connectivity index (χ1n) is 8.87. The lowest BCUT2D eigenvalue weighted by molar-refractivity contribution is 0.0963. The van der Waals surface area contributed by atoms with Crippen LogP contribution in [-0.2, 0) is 22.9 Å². The highest BCUT2D eigenvalue weighted by atomic mass is 32.2. The maximum atomic E-state index is 12.6. The molecule has 1 aliphatic rings. The molecule has 0 aromatic heterocycles. The van der Waals surface area contributed by atoms with Gasteiger partial charge in [-0.3, -0.25) is 4.79 Å². The molecule has 0 bridgehead atoms. The van der Waals surface area contributed by atoms with Crippen LogP contribution in [0.3, 0.4) is 0 Å². The van der Waals surface area contributed by atoms with Crippen LogP contribution in [0, 0.1) is 0 Å². The maximum Gasteiger partial charge on any atom is 0.251 e. The molecule has 0 saturated heterocycles. The number of carbonyl (C=O) groups is 1. The summed E-state index contributed by atoms with van der Waals surface area (Å²) >= 11 is 0. The van der Waals surface area contributed by atoms with Gasteiger partial charge in [-0.15, -0.1) is 0 Å². The lowest BCUT2D eigenvalue weighted by Crippen LogP contribution is -2.27. The molecule has 0 heterocycles. The predicted octanol–water partition coefficient (Wildman–Crippen LogP) is 2.96. The summed E-state index contributed by atoms with van der Waals surface area (Å²) in [7, 11) is -2.12. The largest absolute Gasteiger partial charge is 0.355 e. The topological polar surface area (TPSA) is 75.3 Å². The molecule has 0 spiro atoms. The Labute approximate surface area is 154 Å². The Kier molecular flexibility index (Phi) is 5.44. The van der Waals surface area contributed by atoms with Gasteiger partial charge in [0.15, 0.2) is 0 Å². The van der Waals surface area contributed by atoms with E-state index in [1.54, 1.807) is 0 Å². The van der Waals surface area contributed by atoms with Crippen LogP contribution in [0.5, 0.6) is 0 Å². The van der Waals surface area contributed by atoms with Crippen LogP contribution in [0.1, 0.15) is 52.9 Å². The third-order valence-electron chi connectivity index (χ3n) is 4.86. The van der Waals surface area contributed by atoms with Crippen molar-refractivity contribution in [2.75, 3.05) is 7.05 Å². The maximum absolute atomic E-state index is 12.6. The van der Waals surface area contributed by atoms with Gasteiger partial charge in [0.05, 0.1) is 4.90 Å². The average Bonchev–Trinajstić information content (AvgIpc) is 2.66. The van der Waals surface area contributed by atoms with Crippen molar-refractivity contribution in [3.63, 3.8) is 0 Å². The molecule has 0 fully saturated rings. The van der Waals surface area contributed by atoms with Gasteiger partial charge in [-0.25, -0.2) is 13.1 Å². The molecule has 26 heavy (non-hydrogen) atoms. The van der Waals surface area contributed by atoms with E-state index >= 15 is 0 Å². The van der Waals surface area contributed by atoms with Gasteiger partial charge in [-0.2, -0.15) is 0 Å². The molecular weight excluding hydrogens is 348 g/mol. The van der Waals surface area contributed by atoms with E-state index in [2.05, 4.69) is 22.2 Å². The van der Waals surface area contributed by atoms with Gasteiger partial charge in [0.25, 0.3) is 5.91 Å². The van der Waals surface area contributed by atoms with Crippen molar-refractivity contribution in [1.82, 2.24) is 10.0 Å². The first-order valence-corrected chi connectivity index (χ1v) is 10.4. The highest BCUT2D eigenvalue weighted by Crippen LogP contribution is 2.25. The Morgan fingerprint density at radius 1 is 1.00 bits per heavy atom. The van der Waals surface area contributed by atoms with Crippen LogP contribution in [0.15, 0.2) is 47.4 Å². The van der Waals surface area contributed by atoms with Crippen molar-refractivity contribution in [2.45, 2.75) is 43.5 Å². The van der Waals surface area contributed by atoms with Crippen LogP contribution < -0.4 is 10.0 Å². The zero-order chi connectivity index (χ0) is 18.7. The summed E-state index contributed by atoms with van der Waals surface area (Å²) in [6.45, 7) is 1.85. The second-order valence-corrected chi connectivity index (χ2v) is 8.40. The van der Waals surface area contributed by atoms with Gasteiger partial charge in [-0.05, 0) is 73.6 Å². The number of benzene rings is 2. The lowest BCUT2D eigenvalue weighted by atomic mass is 9.89. The molecule has 3 rings (SSSR count). The minimum atomic E-state index is -3.66. The predicted molar refractivity (Wildman–Crippen MR) is 102 cm³/mol. The van der Waals surface area contributed by atoms with E-state index in [0.717, 1.165) is 18.4 Å². The van der Waals surface area contributed by atoms with E-state index in [1.807, 2.05) is 13.0 Å². The van der Waals surface area contributed by atoms with Gasteiger partial charge >= 0.3 is 0 Å². The van der Waals surface area contributed by atoms with Crippen LogP contribution in [0.4, 0.5) is 0 Å². The van der Waals surface area contributed by atoms with E-state index in [4.69, 9.17) is 0 Å². The molecule has 0 aliphatic heterocycles. The monoisotopic (exact) mass is 372 g/mol. The van der Waals surface area contributed by atoms with Gasteiger partial charge in [0, 0.05) is 18.7 Å². The number of hydrogen-bond acceptors (Lipinski definition) is 3. The Morgan fingerprint density at radius 3 is 2.31 bits per heavy atom. The minimum absolute atomic E-state index is 0.148. The number of rotatable bonds is 5. The molecule has 5 nitrogen and oxygen atoms in total. The SMILES string of the molecule is CNC(=O)c1ccc(S(=O)(=O)NC(C)c2ccc3c(c2)CCCC3)cc1. The lowest BCUT2D eigenvalue weighted by Gasteiger charge is -2.20. The van der Waals surface area contributed by atoms with Gasteiger partial charge in [0.2, 0.25) is 10.0 Å². The Hall–Kier alpha value is -2.18. The van der Waals surface area contributed by atoms with Crippen molar-refractivity contribution in [3.8, 4) is 0 Å². The Bertz CT molecular complexity index is 905. The van der Waals surface area contributed by atoms with E-state index < -0.39 is 10.0 Å². The van der Waals surface area contributed by atoms with E-state index in [9.17, 15) is 13.2 Å². The Balaban J connectivity index is 1.77. The molecule has 0 saturated carbocycles. The number of aryl methyl sites for hydroxylation is 2. The van der Waals surface area contributed by atoms with Crippen molar-refractivity contribution in [3.05, 3.63) is 64.7 Å². The van der Waals surface area contributed by atoms with E-state index in [1.165, 1.54) is 55.3 Å². The molecule has 1 unspecified atom stereocenters. The van der Waals surface area contributed by atoms with Crippen LogP contribution in [0.2, 0.25) is 0 Å². The zero-order valence-corrected chi connectivity index (χ0v) is 15.9. The first kappa shape index (κ1) is 18.6. The molecule has 2 aromatic rings. The number of amides is 1. The van der Waals surface area contributed by atoms with Crippen LogP contribution >= 0.6 is 0 Å². The van der Waals surface area contributed by atoms with Crippen molar-refractivity contribution >= 4 is 15.9 Å². The normalized spacial score (nSPS) is 15.2. The molecule has 138 valence electrons. The quantitative estimate of drug-likeness (QED) is 0.847. The first-order chi connectivity index (χ1) is 12.4. The molecule has 1 atom stereocenters. The third-order valence-corrected chi connectivity index (χ3v) is 6.41. The summed E-state index contributed by atoms with van der Waals surface area (Å²) in [5.74, 6) is -0.246. The third kappa shape index (κ3) is 3.97. The molecule has 1 amide bonds. The number of sulfonamides is 1. The molecule has 2 N–H and O–H groups in total. The summed E-state index contributed by atoms with van der Waals surface area (Å²) in [4.78, 5) is 11.7. The molecule has 2 aromatic carbocycles. The summed E-state index contributed by atoms with van der Waals surface area (Å²) in [6, 6.07) is 11.8. The van der Waals surface area contributed by atoms with Gasteiger partial charge in [-0.1, -0.05) is 18.2 Å². The average molecular weight is 372 g/mol. The summed E-state index contributed by atoms with van der Waals surface area (Å²) in [5.41, 5.74) is 4.10. The summed E-state index contributed by atoms with van der Waals surface area (Å²) in [5, 5.41) is 2.51. The highest BCUT2D eigenvalue weighted by molar-refractivity contribution is 7.89. The van der Waals surface area contributed by atoms with E-state index in [-0.39, 0.29) is 16.8 Å². The second kappa shape index (κ2) is 7.60. The molecule has 6 heteroatoms. The molecule has 0 radical (unpaired) electrons. The number of nitrogens with one attached hydrogen (secondary N) is 2. The molecule has 1 aliphatic carbocycles. The van der Waals surface area contributed by atoms with Gasteiger partial charge < -0.3 is 5.32 Å². The molecular formula is C20H24N2O3S. The zero-order valence-electron chi connectivity index (χ0n) is 15.1. The number of carbonyl (C=O) groups excluding carboxylic acids is 1. The fraction of sp³-hybridized carbons (Fsp3) is 0.350. The highest BCUT2D eigenvalue weighted by Gasteiger charge is 2.20. The summed E-state index contributed by atoms with van der Waals surface area (Å²) in [6.07, 6.45) is 4.58. The fourth-order valence-corrected chi connectivity index (χ4v) is 4.55. The van der Waals surface area contributed by atoms with Crippen LogP contribution in [-0.4, -0.2) is 21.4 Å². The Morgan fingerprint density at radius 2 is 1.65 bits per heavy atom. The minimum Gasteiger partial charge on any atom is -0.355 e. The van der Waals surface area contributed by atoms with Crippen molar-refractivity contribution in [1.29, 1.82) is 0 Å². The standard InChI is InChI=1S/C20H24N2O3S/c1-14(17-8-7-15-5-3-4-6-18(15)13-17)22-26(24,25)19-11-9-16(10-12-19)20(23)21-2/h7-14,22H,3-6H2,1-2H3,(H,21,23). The smallest absolute Gasteiger partial charge is 0.251 e. The fourth-order valence-electron chi connectivity index (χ4n) is 3.32. The number of hydrogen-bond donors (Lipinski definition) is 2. The van der Waals surface area contributed by atoms with Gasteiger partial charge in [0.1, 0.15) is 0 Å². The van der Waals surface area contributed by atoms with Crippen molar-refractivity contribution < 1.29 is 13.2 Å². The van der Waals surface area contributed by atoms with Crippen LogP contribution in [0.25, 0.3) is 0 Å². The second-order valence-electron chi connectivity index (χ2n) is 6.68.